The molecule has 0 spiro atoms. The van der Waals surface area contributed by atoms with Gasteiger partial charge >= 0.3 is 0 Å². The number of benzene rings is 1. The van der Waals surface area contributed by atoms with Crippen molar-refractivity contribution in [3.8, 4) is 0 Å². The van der Waals surface area contributed by atoms with Gasteiger partial charge in [0.1, 0.15) is 0 Å². The minimum Gasteiger partial charge on any atom is -0.355 e. The van der Waals surface area contributed by atoms with Crippen molar-refractivity contribution in [2.75, 3.05) is 7.05 Å². The molecule has 0 heterocycles. The van der Waals surface area contributed by atoms with E-state index in [1.54, 1.807) is 0 Å². The van der Waals surface area contributed by atoms with Gasteiger partial charge in [-0.25, -0.2) is 0 Å². The highest BCUT2D eigenvalue weighted by atomic mass is 16.1. The number of hydrogen-bond donors (Lipinski definition) is 2. The van der Waals surface area contributed by atoms with Gasteiger partial charge in [-0.2, -0.15) is 0 Å². The molecule has 0 aliphatic carbocycles. The highest BCUT2D eigenvalue weighted by Gasteiger charge is 1.85. The van der Waals surface area contributed by atoms with Gasteiger partial charge in [0, 0.05) is 6.54 Å². The van der Waals surface area contributed by atoms with E-state index in [1.165, 1.54) is 7.05 Å². The number of hydrogen-bond acceptors (Lipinski definition) is 2. The third-order valence-electron chi connectivity index (χ3n) is 1.23. The summed E-state index contributed by atoms with van der Waals surface area (Å²) in [6.45, 7) is 0.615. The fourth-order valence-corrected chi connectivity index (χ4v) is 0.755. The van der Waals surface area contributed by atoms with Crippen LogP contribution in [0.4, 0.5) is 0 Å². The van der Waals surface area contributed by atoms with Gasteiger partial charge in [0.25, 0.3) is 0 Å². The first kappa shape index (κ1) is 10.7. The largest absolute Gasteiger partial charge is 0.355 e. The van der Waals surface area contributed by atoms with Gasteiger partial charge < -0.3 is 11.1 Å². The molecule has 1 aromatic carbocycles. The zero-order chi connectivity index (χ0) is 9.23. The van der Waals surface area contributed by atoms with Crippen molar-refractivity contribution >= 4 is 6.41 Å². The van der Waals surface area contributed by atoms with Crippen LogP contribution in [-0.2, 0) is 11.3 Å². The Labute approximate surface area is 72.6 Å². The van der Waals surface area contributed by atoms with E-state index in [9.17, 15) is 4.79 Å². The number of amides is 1. The summed E-state index contributed by atoms with van der Waals surface area (Å²) < 4.78 is 0. The lowest BCUT2D eigenvalue weighted by Gasteiger charge is -1.96. The zero-order valence-electron chi connectivity index (χ0n) is 7.16. The maximum absolute atomic E-state index is 9.87. The maximum Gasteiger partial charge on any atom is 0.207 e. The lowest BCUT2D eigenvalue weighted by atomic mass is 10.2. The van der Waals surface area contributed by atoms with E-state index in [2.05, 4.69) is 11.1 Å². The molecule has 0 unspecified atom stereocenters. The Morgan fingerprint density at radius 1 is 1.33 bits per heavy atom. The summed E-state index contributed by atoms with van der Waals surface area (Å²) >= 11 is 0. The van der Waals surface area contributed by atoms with Crippen molar-refractivity contribution in [3.63, 3.8) is 0 Å². The maximum atomic E-state index is 9.87. The second-order valence-electron chi connectivity index (χ2n) is 1.98. The second-order valence-corrected chi connectivity index (χ2v) is 1.98. The highest BCUT2D eigenvalue weighted by Crippen LogP contribution is 1.95. The van der Waals surface area contributed by atoms with Crippen LogP contribution in [0.3, 0.4) is 0 Å². The standard InChI is InChI=1S/C8H9NO.CH5N/c10-7-9-6-8-4-2-1-3-5-8;1-2/h1-5,7H,6H2,(H,9,10);2H2,1H3. The smallest absolute Gasteiger partial charge is 0.207 e. The van der Waals surface area contributed by atoms with Crippen molar-refractivity contribution in [3.05, 3.63) is 35.9 Å². The fourth-order valence-electron chi connectivity index (χ4n) is 0.755. The number of nitrogens with one attached hydrogen (secondary N) is 1. The van der Waals surface area contributed by atoms with E-state index in [0.717, 1.165) is 5.56 Å². The Kier molecular flexibility index (Phi) is 6.88. The number of carbonyl (C=O) groups is 1. The molecule has 0 saturated carbocycles. The summed E-state index contributed by atoms with van der Waals surface area (Å²) in [7, 11) is 1.50. The molecule has 0 bridgehead atoms. The van der Waals surface area contributed by atoms with Gasteiger partial charge in [-0.15, -0.1) is 0 Å². The quantitative estimate of drug-likeness (QED) is 0.643. The minimum atomic E-state index is 0.615. The highest BCUT2D eigenvalue weighted by molar-refractivity contribution is 5.46. The molecule has 3 N–H and O–H groups in total. The number of rotatable bonds is 3. The second kappa shape index (κ2) is 7.75. The third kappa shape index (κ3) is 4.46. The molecule has 66 valence electrons. The SMILES string of the molecule is CN.O=CNCc1ccccc1. The number of carbonyl (C=O) groups excluding carboxylic acids is 1. The summed E-state index contributed by atoms with van der Waals surface area (Å²) in [5.74, 6) is 0. The summed E-state index contributed by atoms with van der Waals surface area (Å²) in [6, 6.07) is 9.78. The van der Waals surface area contributed by atoms with Crippen LogP contribution in [0.15, 0.2) is 30.3 Å². The lowest BCUT2D eigenvalue weighted by molar-refractivity contribution is -0.109. The summed E-state index contributed by atoms with van der Waals surface area (Å²) in [5.41, 5.74) is 5.62. The third-order valence-corrected chi connectivity index (χ3v) is 1.23. The molecule has 0 fully saturated rings. The van der Waals surface area contributed by atoms with Crippen LogP contribution in [0.25, 0.3) is 0 Å². The topological polar surface area (TPSA) is 55.1 Å². The van der Waals surface area contributed by atoms with Crippen LogP contribution in [0.5, 0.6) is 0 Å². The van der Waals surface area contributed by atoms with Gasteiger partial charge in [-0.1, -0.05) is 30.3 Å². The van der Waals surface area contributed by atoms with Gasteiger partial charge in [-0.05, 0) is 12.6 Å². The van der Waals surface area contributed by atoms with E-state index in [-0.39, 0.29) is 0 Å². The summed E-state index contributed by atoms with van der Waals surface area (Å²) in [5, 5.41) is 2.58. The van der Waals surface area contributed by atoms with Gasteiger partial charge in [0.2, 0.25) is 6.41 Å². The predicted molar refractivity (Wildman–Crippen MR) is 49.5 cm³/mol. The Bertz CT molecular complexity index is 199. The molecule has 0 aromatic heterocycles. The van der Waals surface area contributed by atoms with Crippen LogP contribution < -0.4 is 11.1 Å². The normalized spacial score (nSPS) is 7.83. The van der Waals surface area contributed by atoms with Gasteiger partial charge in [-0.3, -0.25) is 4.79 Å². The molecule has 1 aromatic rings. The Morgan fingerprint density at radius 2 is 1.92 bits per heavy atom. The van der Waals surface area contributed by atoms with E-state index < -0.39 is 0 Å². The average molecular weight is 166 g/mol. The molecular formula is C9H14N2O. The van der Waals surface area contributed by atoms with Crippen LogP contribution in [-0.4, -0.2) is 13.5 Å². The fraction of sp³-hybridized carbons (Fsp3) is 0.222. The number of nitrogens with two attached hydrogens (primary N) is 1. The first-order valence-corrected chi connectivity index (χ1v) is 3.72. The molecule has 3 nitrogen and oxygen atoms in total. The Morgan fingerprint density at radius 3 is 2.42 bits per heavy atom. The first-order valence-electron chi connectivity index (χ1n) is 3.72. The van der Waals surface area contributed by atoms with E-state index in [4.69, 9.17) is 0 Å². The average Bonchev–Trinajstić information content (AvgIpc) is 2.19. The van der Waals surface area contributed by atoms with Crippen LogP contribution >= 0.6 is 0 Å². The summed E-state index contributed by atoms with van der Waals surface area (Å²) in [6.07, 6.45) is 0.701. The molecular weight excluding hydrogens is 152 g/mol. The molecule has 12 heavy (non-hydrogen) atoms. The molecule has 0 radical (unpaired) electrons. The van der Waals surface area contributed by atoms with Crippen LogP contribution in [0.1, 0.15) is 5.56 Å². The Balaban J connectivity index is 0.000000561. The first-order chi connectivity index (χ1) is 5.93. The summed E-state index contributed by atoms with van der Waals surface area (Å²) in [4.78, 5) is 9.87. The van der Waals surface area contributed by atoms with Crippen molar-refractivity contribution in [1.29, 1.82) is 0 Å². The molecule has 3 heteroatoms. The monoisotopic (exact) mass is 166 g/mol. The molecule has 0 aliphatic rings. The van der Waals surface area contributed by atoms with Crippen molar-refractivity contribution in [2.24, 2.45) is 5.73 Å². The van der Waals surface area contributed by atoms with E-state index in [0.29, 0.717) is 13.0 Å². The van der Waals surface area contributed by atoms with Gasteiger partial charge in [0.05, 0.1) is 0 Å². The molecule has 0 atom stereocenters. The van der Waals surface area contributed by atoms with Crippen LogP contribution in [0, 0.1) is 0 Å². The van der Waals surface area contributed by atoms with E-state index in [1.807, 2.05) is 30.3 Å². The predicted octanol–water partition coefficient (Wildman–Crippen LogP) is 0.507. The van der Waals surface area contributed by atoms with Crippen molar-refractivity contribution in [1.82, 2.24) is 5.32 Å². The Hall–Kier alpha value is -1.35. The molecule has 1 rings (SSSR count). The van der Waals surface area contributed by atoms with Crippen molar-refractivity contribution < 1.29 is 4.79 Å². The lowest BCUT2D eigenvalue weighted by Crippen LogP contribution is -2.09. The molecule has 1 amide bonds. The zero-order valence-corrected chi connectivity index (χ0v) is 7.16. The van der Waals surface area contributed by atoms with Crippen molar-refractivity contribution in [2.45, 2.75) is 6.54 Å². The van der Waals surface area contributed by atoms with Gasteiger partial charge in [0.15, 0.2) is 0 Å². The van der Waals surface area contributed by atoms with E-state index >= 15 is 0 Å². The van der Waals surface area contributed by atoms with Crippen LogP contribution in [0.2, 0.25) is 0 Å². The molecule has 0 saturated heterocycles. The molecule has 0 aliphatic heterocycles. The minimum absolute atomic E-state index is 0.615.